The van der Waals surface area contributed by atoms with Crippen LogP contribution in [-0.2, 0) is 23.0 Å². The van der Waals surface area contributed by atoms with Crippen molar-refractivity contribution in [2.45, 2.75) is 65.0 Å². The molecule has 1 aliphatic carbocycles. The summed E-state index contributed by atoms with van der Waals surface area (Å²) in [6.45, 7) is 7.25. The standard InChI is InChI=1S/C18H29N3O2/c1-12-15(13(2)20(4)19-12)10-17(22)21-9-8-18(3)11-14(23-5)6-7-16(18)21/h14,16H,6-11H2,1-5H3/t14-,16-,18+/m1/s1. The van der Waals surface area contributed by atoms with Crippen molar-refractivity contribution < 1.29 is 9.53 Å². The van der Waals surface area contributed by atoms with Crippen molar-refractivity contribution in [1.82, 2.24) is 14.7 Å². The third-order valence-electron chi connectivity index (χ3n) is 6.20. The lowest BCUT2D eigenvalue weighted by Crippen LogP contribution is -2.47. The first-order chi connectivity index (χ1) is 10.9. The number of fused-ring (bicyclic) bond motifs is 1. The highest BCUT2D eigenvalue weighted by Crippen LogP contribution is 2.47. The van der Waals surface area contributed by atoms with Gasteiger partial charge in [-0.25, -0.2) is 0 Å². The number of aryl methyl sites for hydroxylation is 2. The lowest BCUT2D eigenvalue weighted by Gasteiger charge is -2.42. The van der Waals surface area contributed by atoms with Crippen molar-refractivity contribution in [2.75, 3.05) is 13.7 Å². The minimum absolute atomic E-state index is 0.216. The third-order valence-corrected chi connectivity index (χ3v) is 6.20. The van der Waals surface area contributed by atoms with Gasteiger partial charge in [0.05, 0.1) is 18.2 Å². The van der Waals surface area contributed by atoms with Gasteiger partial charge in [-0.3, -0.25) is 9.48 Å². The predicted molar refractivity (Wildman–Crippen MR) is 89.3 cm³/mol. The second-order valence-corrected chi connectivity index (χ2v) is 7.60. The van der Waals surface area contributed by atoms with Gasteiger partial charge in [0.25, 0.3) is 0 Å². The van der Waals surface area contributed by atoms with Crippen LogP contribution < -0.4 is 0 Å². The number of carbonyl (C=O) groups excluding carboxylic acids is 1. The van der Waals surface area contributed by atoms with E-state index < -0.39 is 0 Å². The summed E-state index contributed by atoms with van der Waals surface area (Å²) in [6.07, 6.45) is 5.12. The minimum atomic E-state index is 0.216. The van der Waals surface area contributed by atoms with Crippen LogP contribution in [0.1, 0.15) is 49.6 Å². The number of aromatic nitrogens is 2. The molecule has 2 heterocycles. The molecule has 0 unspecified atom stereocenters. The van der Waals surface area contributed by atoms with Gasteiger partial charge in [-0.1, -0.05) is 6.92 Å². The summed E-state index contributed by atoms with van der Waals surface area (Å²) in [5.41, 5.74) is 3.38. The number of carbonyl (C=O) groups is 1. The van der Waals surface area contributed by atoms with E-state index in [1.165, 1.54) is 0 Å². The third kappa shape index (κ3) is 2.80. The van der Waals surface area contributed by atoms with Gasteiger partial charge in [-0.15, -0.1) is 0 Å². The van der Waals surface area contributed by atoms with E-state index >= 15 is 0 Å². The zero-order valence-corrected chi connectivity index (χ0v) is 15.1. The molecule has 23 heavy (non-hydrogen) atoms. The van der Waals surface area contributed by atoms with Gasteiger partial charge in [0, 0.05) is 38.0 Å². The normalized spacial score (nSPS) is 30.6. The Kier molecular flexibility index (Phi) is 4.25. The fourth-order valence-electron chi connectivity index (χ4n) is 4.61. The molecular weight excluding hydrogens is 290 g/mol. The molecule has 1 aliphatic heterocycles. The summed E-state index contributed by atoms with van der Waals surface area (Å²) >= 11 is 0. The van der Waals surface area contributed by atoms with Gasteiger partial charge in [0.1, 0.15) is 0 Å². The average Bonchev–Trinajstić information content (AvgIpc) is 2.98. The first-order valence-electron chi connectivity index (χ1n) is 8.67. The molecule has 128 valence electrons. The summed E-state index contributed by atoms with van der Waals surface area (Å²) < 4.78 is 7.45. The van der Waals surface area contributed by atoms with Gasteiger partial charge in [-0.05, 0) is 44.9 Å². The van der Waals surface area contributed by atoms with Crippen LogP contribution in [0.15, 0.2) is 0 Å². The number of methoxy groups -OCH3 is 1. The molecule has 1 saturated carbocycles. The van der Waals surface area contributed by atoms with Crippen molar-refractivity contribution in [3.63, 3.8) is 0 Å². The highest BCUT2D eigenvalue weighted by Gasteiger charge is 2.49. The van der Waals surface area contributed by atoms with Crippen LogP contribution in [0.2, 0.25) is 0 Å². The van der Waals surface area contributed by atoms with Crippen molar-refractivity contribution in [2.24, 2.45) is 12.5 Å². The maximum Gasteiger partial charge on any atom is 0.227 e. The van der Waals surface area contributed by atoms with E-state index in [0.717, 1.165) is 49.2 Å². The second-order valence-electron chi connectivity index (χ2n) is 7.60. The zero-order chi connectivity index (χ0) is 16.8. The Morgan fingerprint density at radius 1 is 1.39 bits per heavy atom. The Morgan fingerprint density at radius 2 is 2.13 bits per heavy atom. The number of hydrogen-bond donors (Lipinski definition) is 0. The molecule has 5 nitrogen and oxygen atoms in total. The van der Waals surface area contributed by atoms with Gasteiger partial charge < -0.3 is 9.64 Å². The maximum absolute atomic E-state index is 12.9. The second kappa shape index (κ2) is 5.93. The Morgan fingerprint density at radius 3 is 2.74 bits per heavy atom. The summed E-state index contributed by atoms with van der Waals surface area (Å²) in [4.78, 5) is 15.1. The largest absolute Gasteiger partial charge is 0.381 e. The minimum Gasteiger partial charge on any atom is -0.381 e. The molecule has 1 aromatic heterocycles. The van der Waals surface area contributed by atoms with Crippen molar-refractivity contribution in [3.05, 3.63) is 17.0 Å². The fraction of sp³-hybridized carbons (Fsp3) is 0.778. The van der Waals surface area contributed by atoms with Crippen LogP contribution in [0.25, 0.3) is 0 Å². The van der Waals surface area contributed by atoms with Crippen molar-refractivity contribution in [3.8, 4) is 0 Å². The summed E-state index contributed by atoms with van der Waals surface area (Å²) in [5, 5.41) is 4.44. The summed E-state index contributed by atoms with van der Waals surface area (Å²) in [6, 6.07) is 0.374. The Labute approximate surface area is 139 Å². The lowest BCUT2D eigenvalue weighted by atomic mass is 9.71. The van der Waals surface area contributed by atoms with E-state index in [1.807, 2.05) is 25.6 Å². The smallest absolute Gasteiger partial charge is 0.227 e. The predicted octanol–water partition coefficient (Wildman–Crippen LogP) is 2.39. The molecule has 3 rings (SSSR count). The fourth-order valence-corrected chi connectivity index (χ4v) is 4.61. The number of nitrogens with zero attached hydrogens (tertiary/aromatic N) is 3. The number of likely N-dealkylation sites (tertiary alicyclic amines) is 1. The van der Waals surface area contributed by atoms with Gasteiger partial charge in [-0.2, -0.15) is 5.10 Å². The summed E-state index contributed by atoms with van der Waals surface area (Å²) in [5.74, 6) is 0.258. The first-order valence-corrected chi connectivity index (χ1v) is 8.67. The van der Waals surface area contributed by atoms with Crippen LogP contribution in [-0.4, -0.2) is 46.4 Å². The molecule has 1 saturated heterocycles. The maximum atomic E-state index is 12.9. The van der Waals surface area contributed by atoms with E-state index in [-0.39, 0.29) is 11.3 Å². The van der Waals surface area contributed by atoms with E-state index in [1.54, 1.807) is 7.11 Å². The highest BCUT2D eigenvalue weighted by atomic mass is 16.5. The Hall–Kier alpha value is -1.36. The van der Waals surface area contributed by atoms with Crippen LogP contribution in [0, 0.1) is 19.3 Å². The van der Waals surface area contributed by atoms with Crippen LogP contribution in [0.4, 0.5) is 0 Å². The summed E-state index contributed by atoms with van der Waals surface area (Å²) in [7, 11) is 3.75. The number of hydrogen-bond acceptors (Lipinski definition) is 3. The molecule has 0 N–H and O–H groups in total. The first kappa shape index (κ1) is 16.5. The Bertz CT molecular complexity index is 610. The number of amides is 1. The quantitative estimate of drug-likeness (QED) is 0.859. The van der Waals surface area contributed by atoms with Gasteiger partial charge >= 0.3 is 0 Å². The Balaban J connectivity index is 1.74. The molecule has 1 amide bonds. The van der Waals surface area contributed by atoms with E-state index in [9.17, 15) is 4.79 Å². The molecule has 2 fully saturated rings. The molecule has 0 spiro atoms. The van der Waals surface area contributed by atoms with Crippen molar-refractivity contribution >= 4 is 5.91 Å². The molecule has 5 heteroatoms. The average molecular weight is 319 g/mol. The van der Waals surface area contributed by atoms with E-state index in [0.29, 0.717) is 18.6 Å². The molecule has 2 aliphatic rings. The molecular formula is C18H29N3O2. The van der Waals surface area contributed by atoms with E-state index in [4.69, 9.17) is 4.74 Å². The van der Waals surface area contributed by atoms with Crippen molar-refractivity contribution in [1.29, 1.82) is 0 Å². The molecule has 3 atom stereocenters. The van der Waals surface area contributed by atoms with E-state index in [2.05, 4.69) is 16.9 Å². The van der Waals surface area contributed by atoms with Crippen LogP contribution >= 0.6 is 0 Å². The molecule has 0 bridgehead atoms. The molecule has 0 radical (unpaired) electrons. The van der Waals surface area contributed by atoms with Gasteiger partial charge in [0.15, 0.2) is 0 Å². The van der Waals surface area contributed by atoms with Crippen LogP contribution in [0.5, 0.6) is 0 Å². The SMILES string of the molecule is CO[C@@H]1CC[C@H]2N(C(=O)Cc3c(C)nn(C)c3C)CC[C@@]2(C)C1. The zero-order valence-electron chi connectivity index (χ0n) is 15.1. The topological polar surface area (TPSA) is 47.4 Å². The monoisotopic (exact) mass is 319 g/mol. The number of ether oxygens (including phenoxy) is 1. The van der Waals surface area contributed by atoms with Gasteiger partial charge in [0.2, 0.25) is 5.91 Å². The highest BCUT2D eigenvalue weighted by molar-refractivity contribution is 5.80. The van der Waals surface area contributed by atoms with Crippen LogP contribution in [0.3, 0.4) is 0 Å². The lowest BCUT2D eigenvalue weighted by molar-refractivity contribution is -0.133. The number of rotatable bonds is 3. The molecule has 1 aromatic rings. The molecule has 0 aromatic carbocycles.